The summed E-state index contributed by atoms with van der Waals surface area (Å²) in [6, 6.07) is 1.92. The van der Waals surface area contributed by atoms with Crippen LogP contribution in [-0.2, 0) is 6.54 Å². The van der Waals surface area contributed by atoms with Crippen molar-refractivity contribution in [1.82, 2.24) is 20.3 Å². The number of rotatable bonds is 2. The third kappa shape index (κ3) is 3.84. The Morgan fingerprint density at radius 3 is 2.67 bits per heavy atom. The molecule has 1 aromatic rings. The molecule has 1 N–H and O–H groups in total. The molecule has 1 aromatic heterocycles. The molecular formula is C11H20IN5O. The van der Waals surface area contributed by atoms with E-state index in [2.05, 4.69) is 25.3 Å². The van der Waals surface area contributed by atoms with Crippen LogP contribution >= 0.6 is 24.0 Å². The van der Waals surface area contributed by atoms with Crippen LogP contribution in [-0.4, -0.2) is 61.2 Å². The highest BCUT2D eigenvalue weighted by atomic mass is 127. The monoisotopic (exact) mass is 365 g/mol. The molecule has 2 rings (SSSR count). The first-order valence-corrected chi connectivity index (χ1v) is 5.84. The van der Waals surface area contributed by atoms with E-state index in [1.807, 2.05) is 20.2 Å². The second kappa shape index (κ2) is 7.57. The highest BCUT2D eigenvalue weighted by Crippen LogP contribution is 2.06. The van der Waals surface area contributed by atoms with Crippen LogP contribution in [0.3, 0.4) is 0 Å². The standard InChI is InChI=1S/C11H19N5O.HI/c1-12-11(13-2)16-6-4-15(5-7-16)9-10-3-8-17-14-10;/h3,8H,4-7,9H2,1-2H3,(H,12,13);1H. The summed E-state index contributed by atoms with van der Waals surface area (Å²) in [5, 5.41) is 7.04. The predicted octanol–water partition coefficient (Wildman–Crippen LogP) is 0.615. The quantitative estimate of drug-likeness (QED) is 0.473. The van der Waals surface area contributed by atoms with Crippen LogP contribution in [0, 0.1) is 0 Å². The fourth-order valence-electron chi connectivity index (χ4n) is 2.08. The van der Waals surface area contributed by atoms with Gasteiger partial charge < -0.3 is 14.7 Å². The Labute approximate surface area is 124 Å². The summed E-state index contributed by atoms with van der Waals surface area (Å²) in [4.78, 5) is 8.85. The van der Waals surface area contributed by atoms with E-state index in [-0.39, 0.29) is 24.0 Å². The van der Waals surface area contributed by atoms with Gasteiger partial charge in [0.2, 0.25) is 0 Å². The molecule has 0 atom stereocenters. The molecule has 1 saturated heterocycles. The number of aliphatic imine (C=N–C) groups is 1. The molecule has 1 fully saturated rings. The fourth-order valence-corrected chi connectivity index (χ4v) is 2.08. The lowest BCUT2D eigenvalue weighted by atomic mass is 10.3. The number of guanidine groups is 1. The minimum absolute atomic E-state index is 0. The Hall–Kier alpha value is -0.830. The molecule has 0 aromatic carbocycles. The van der Waals surface area contributed by atoms with Gasteiger partial charge in [0.15, 0.2) is 5.96 Å². The molecule has 2 heterocycles. The summed E-state index contributed by atoms with van der Waals surface area (Å²) < 4.78 is 4.83. The molecule has 0 bridgehead atoms. The molecule has 102 valence electrons. The molecule has 0 unspecified atom stereocenters. The lowest BCUT2D eigenvalue weighted by Gasteiger charge is -2.35. The Bertz CT molecular complexity index is 360. The van der Waals surface area contributed by atoms with Gasteiger partial charge in [0.05, 0.1) is 5.69 Å². The molecular weight excluding hydrogens is 345 g/mol. The van der Waals surface area contributed by atoms with Crippen molar-refractivity contribution in [3.05, 3.63) is 18.0 Å². The summed E-state index contributed by atoms with van der Waals surface area (Å²) in [5.41, 5.74) is 0.997. The van der Waals surface area contributed by atoms with Crippen LogP contribution in [0.5, 0.6) is 0 Å². The van der Waals surface area contributed by atoms with Crippen LogP contribution in [0.15, 0.2) is 21.8 Å². The number of halogens is 1. The zero-order chi connectivity index (χ0) is 12.1. The molecule has 0 radical (unpaired) electrons. The van der Waals surface area contributed by atoms with Crippen LogP contribution in [0.1, 0.15) is 5.69 Å². The number of nitrogens with zero attached hydrogens (tertiary/aromatic N) is 4. The predicted molar refractivity (Wildman–Crippen MR) is 81.2 cm³/mol. The normalized spacial score (nSPS) is 17.4. The average Bonchev–Trinajstić information content (AvgIpc) is 2.86. The molecule has 18 heavy (non-hydrogen) atoms. The second-order valence-corrected chi connectivity index (χ2v) is 4.05. The summed E-state index contributed by atoms with van der Waals surface area (Å²) in [6.07, 6.45) is 1.62. The van der Waals surface area contributed by atoms with Gasteiger partial charge in [-0.3, -0.25) is 9.89 Å². The number of piperazine rings is 1. The topological polar surface area (TPSA) is 56.9 Å². The highest BCUT2D eigenvalue weighted by Gasteiger charge is 2.19. The summed E-state index contributed by atoms with van der Waals surface area (Å²) in [6.45, 7) is 4.89. The van der Waals surface area contributed by atoms with E-state index in [0.29, 0.717) is 0 Å². The first-order valence-electron chi connectivity index (χ1n) is 5.84. The van der Waals surface area contributed by atoms with E-state index in [1.54, 1.807) is 6.26 Å². The summed E-state index contributed by atoms with van der Waals surface area (Å²) in [7, 11) is 3.72. The van der Waals surface area contributed by atoms with E-state index in [0.717, 1.165) is 44.4 Å². The van der Waals surface area contributed by atoms with Gasteiger partial charge in [-0.2, -0.15) is 0 Å². The highest BCUT2D eigenvalue weighted by molar-refractivity contribution is 14.0. The van der Waals surface area contributed by atoms with Gasteiger partial charge >= 0.3 is 0 Å². The van der Waals surface area contributed by atoms with E-state index in [9.17, 15) is 0 Å². The van der Waals surface area contributed by atoms with Gasteiger partial charge in [-0.25, -0.2) is 0 Å². The minimum Gasteiger partial charge on any atom is -0.364 e. The number of aromatic nitrogens is 1. The first kappa shape index (κ1) is 15.2. The minimum atomic E-state index is 0. The zero-order valence-electron chi connectivity index (χ0n) is 10.8. The van der Waals surface area contributed by atoms with E-state index >= 15 is 0 Å². The van der Waals surface area contributed by atoms with Crippen molar-refractivity contribution in [2.45, 2.75) is 6.54 Å². The maximum atomic E-state index is 4.83. The molecule has 6 nitrogen and oxygen atoms in total. The van der Waals surface area contributed by atoms with Gasteiger partial charge in [0.1, 0.15) is 6.26 Å². The van der Waals surface area contributed by atoms with Gasteiger partial charge in [-0.05, 0) is 0 Å². The van der Waals surface area contributed by atoms with Crippen molar-refractivity contribution in [2.75, 3.05) is 40.3 Å². The SMILES string of the molecule is CN=C(NC)N1CCN(Cc2ccon2)CC1.I. The van der Waals surface area contributed by atoms with E-state index in [4.69, 9.17) is 4.52 Å². The first-order chi connectivity index (χ1) is 8.33. The third-order valence-electron chi connectivity index (χ3n) is 2.98. The lowest BCUT2D eigenvalue weighted by Crippen LogP contribution is -2.51. The maximum Gasteiger partial charge on any atom is 0.193 e. The Morgan fingerprint density at radius 1 is 1.44 bits per heavy atom. The van der Waals surface area contributed by atoms with Gasteiger partial charge in [0, 0.05) is 52.9 Å². The van der Waals surface area contributed by atoms with Gasteiger partial charge in [-0.15, -0.1) is 24.0 Å². The molecule has 7 heteroatoms. The number of nitrogens with one attached hydrogen (secondary N) is 1. The zero-order valence-corrected chi connectivity index (χ0v) is 13.1. The van der Waals surface area contributed by atoms with Crippen molar-refractivity contribution >= 4 is 29.9 Å². The van der Waals surface area contributed by atoms with Crippen LogP contribution in [0.4, 0.5) is 0 Å². The molecule has 0 aliphatic carbocycles. The number of hydrogen-bond acceptors (Lipinski definition) is 4. The van der Waals surface area contributed by atoms with Crippen LogP contribution in [0.25, 0.3) is 0 Å². The summed E-state index contributed by atoms with van der Waals surface area (Å²) in [5.74, 6) is 0.964. The maximum absolute atomic E-state index is 4.83. The van der Waals surface area contributed by atoms with E-state index < -0.39 is 0 Å². The van der Waals surface area contributed by atoms with Gasteiger partial charge in [0.25, 0.3) is 0 Å². The van der Waals surface area contributed by atoms with Crippen LogP contribution in [0.2, 0.25) is 0 Å². The van der Waals surface area contributed by atoms with Crippen molar-refractivity contribution in [3.8, 4) is 0 Å². The molecule has 0 spiro atoms. The Balaban J connectivity index is 0.00000162. The molecule has 0 amide bonds. The Morgan fingerprint density at radius 2 is 2.17 bits per heavy atom. The third-order valence-corrected chi connectivity index (χ3v) is 2.98. The van der Waals surface area contributed by atoms with Crippen molar-refractivity contribution < 1.29 is 4.52 Å². The fraction of sp³-hybridized carbons (Fsp3) is 0.636. The number of hydrogen-bond donors (Lipinski definition) is 1. The second-order valence-electron chi connectivity index (χ2n) is 4.05. The van der Waals surface area contributed by atoms with Crippen molar-refractivity contribution in [1.29, 1.82) is 0 Å². The van der Waals surface area contributed by atoms with Gasteiger partial charge in [-0.1, -0.05) is 5.16 Å². The van der Waals surface area contributed by atoms with Crippen molar-refractivity contribution in [3.63, 3.8) is 0 Å². The largest absolute Gasteiger partial charge is 0.364 e. The smallest absolute Gasteiger partial charge is 0.193 e. The molecule has 1 aliphatic rings. The molecule has 1 aliphatic heterocycles. The summed E-state index contributed by atoms with van der Waals surface area (Å²) >= 11 is 0. The lowest BCUT2D eigenvalue weighted by molar-refractivity contribution is 0.169. The van der Waals surface area contributed by atoms with Crippen molar-refractivity contribution in [2.24, 2.45) is 4.99 Å². The average molecular weight is 365 g/mol. The molecule has 0 saturated carbocycles. The Kier molecular flexibility index (Phi) is 6.41. The van der Waals surface area contributed by atoms with Crippen LogP contribution < -0.4 is 5.32 Å². The van der Waals surface area contributed by atoms with E-state index in [1.165, 1.54) is 0 Å².